The first-order chi connectivity index (χ1) is 18.4. The van der Waals surface area contributed by atoms with Gasteiger partial charge in [-0.15, -0.1) is 11.8 Å². The molecule has 1 saturated heterocycles. The van der Waals surface area contributed by atoms with Gasteiger partial charge in [-0.1, -0.05) is 83.9 Å². The number of hydrogen-bond acceptors (Lipinski definition) is 6. The molecule has 2 aliphatic rings. The van der Waals surface area contributed by atoms with E-state index in [1.165, 1.54) is 34.9 Å². The summed E-state index contributed by atoms with van der Waals surface area (Å²) in [6.45, 7) is -0.407. The zero-order valence-corrected chi connectivity index (χ0v) is 22.2. The summed E-state index contributed by atoms with van der Waals surface area (Å²) in [4.78, 5) is 40.9. The lowest BCUT2D eigenvalue weighted by Crippen LogP contribution is -2.70. The van der Waals surface area contributed by atoms with Crippen LogP contribution in [0.25, 0.3) is 0 Å². The van der Waals surface area contributed by atoms with E-state index in [1.807, 2.05) is 60.7 Å². The maximum absolute atomic E-state index is 13.6. The number of benzene rings is 3. The number of carbonyl (C=O) groups excluding carboxylic acids is 3. The van der Waals surface area contributed by atoms with Crippen LogP contribution in [0, 0.1) is 0 Å². The molecule has 7 nitrogen and oxygen atoms in total. The van der Waals surface area contributed by atoms with Crippen LogP contribution in [0.5, 0.6) is 0 Å². The van der Waals surface area contributed by atoms with Crippen LogP contribution < -0.4 is 5.32 Å². The van der Waals surface area contributed by atoms with Gasteiger partial charge < -0.3 is 15.2 Å². The van der Waals surface area contributed by atoms with E-state index in [1.54, 1.807) is 0 Å². The van der Waals surface area contributed by atoms with Crippen molar-refractivity contribution in [3.05, 3.63) is 117 Å². The van der Waals surface area contributed by atoms with Crippen LogP contribution in [0.15, 0.2) is 90.1 Å². The Kier molecular flexibility index (Phi) is 7.76. The summed E-state index contributed by atoms with van der Waals surface area (Å²) in [5.74, 6) is -1.38. The minimum atomic E-state index is -0.857. The fraction of sp³-hybridized carbons (Fsp3) is 0.179. The van der Waals surface area contributed by atoms with E-state index < -0.39 is 41.9 Å². The number of aliphatic hydroxyl groups excluding tert-OH is 1. The molecule has 2 atom stereocenters. The molecule has 10 heteroatoms. The van der Waals surface area contributed by atoms with Crippen LogP contribution in [0.2, 0.25) is 10.0 Å². The third kappa shape index (κ3) is 5.05. The van der Waals surface area contributed by atoms with Crippen LogP contribution in [0.1, 0.15) is 27.6 Å². The van der Waals surface area contributed by atoms with E-state index in [4.69, 9.17) is 27.9 Å². The number of ether oxygens (including phenoxy) is 1. The molecule has 2 aliphatic heterocycles. The number of esters is 1. The second-order valence-corrected chi connectivity index (χ2v) is 10.6. The average Bonchev–Trinajstić information content (AvgIpc) is 2.95. The van der Waals surface area contributed by atoms with E-state index in [0.717, 1.165) is 11.1 Å². The Bertz CT molecular complexity index is 1380. The Morgan fingerprint density at radius 3 is 2.21 bits per heavy atom. The minimum absolute atomic E-state index is 0.0122. The monoisotopic (exact) mass is 568 g/mol. The molecule has 38 heavy (non-hydrogen) atoms. The first-order valence-corrected chi connectivity index (χ1v) is 13.5. The number of nitrogens with one attached hydrogen (secondary N) is 1. The number of hydrogen-bond donors (Lipinski definition) is 2. The highest BCUT2D eigenvalue weighted by Crippen LogP contribution is 2.41. The number of nitrogens with zero attached hydrogens (tertiary/aromatic N) is 1. The largest absolute Gasteiger partial charge is 0.448 e. The van der Waals surface area contributed by atoms with Gasteiger partial charge in [0.1, 0.15) is 17.1 Å². The molecule has 0 saturated carbocycles. The first kappa shape index (κ1) is 26.3. The Morgan fingerprint density at radius 1 is 1.00 bits per heavy atom. The highest BCUT2D eigenvalue weighted by Gasteiger charge is 2.54. The summed E-state index contributed by atoms with van der Waals surface area (Å²) < 4.78 is 5.98. The molecular formula is C28H22Cl2N2O5S. The molecule has 0 unspecified atom stereocenters. The lowest BCUT2D eigenvalue weighted by atomic mass is 10.0. The lowest BCUT2D eigenvalue weighted by molar-refractivity contribution is -0.153. The molecule has 1 fully saturated rings. The Hall–Kier alpha value is -3.30. The molecule has 3 aromatic rings. The molecule has 5 rings (SSSR count). The molecule has 3 aromatic carbocycles. The van der Waals surface area contributed by atoms with Crippen molar-refractivity contribution in [2.45, 2.75) is 17.5 Å². The number of thioether (sulfide) groups is 1. The summed E-state index contributed by atoms with van der Waals surface area (Å²) in [7, 11) is 0. The fourth-order valence-corrected chi connectivity index (χ4v) is 6.04. The van der Waals surface area contributed by atoms with E-state index in [-0.39, 0.29) is 16.3 Å². The first-order valence-electron chi connectivity index (χ1n) is 11.7. The zero-order chi connectivity index (χ0) is 26.8. The van der Waals surface area contributed by atoms with Crippen molar-refractivity contribution in [2.24, 2.45) is 0 Å². The van der Waals surface area contributed by atoms with Crippen molar-refractivity contribution < 1.29 is 24.2 Å². The normalized spacial score (nSPS) is 18.6. The summed E-state index contributed by atoms with van der Waals surface area (Å²) in [6, 6.07) is 22.2. The molecule has 2 N–H and O–H groups in total. The van der Waals surface area contributed by atoms with Crippen LogP contribution in [0.3, 0.4) is 0 Å². The van der Waals surface area contributed by atoms with Gasteiger partial charge in [-0.2, -0.15) is 0 Å². The number of aliphatic hydroxyl groups is 1. The molecular weight excluding hydrogens is 547 g/mol. The molecule has 2 heterocycles. The van der Waals surface area contributed by atoms with Crippen LogP contribution >= 0.6 is 35.0 Å². The quantitative estimate of drug-likeness (QED) is 0.320. The predicted octanol–water partition coefficient (Wildman–Crippen LogP) is 4.59. The van der Waals surface area contributed by atoms with Gasteiger partial charge >= 0.3 is 5.97 Å². The third-order valence-electron chi connectivity index (χ3n) is 6.33. The van der Waals surface area contributed by atoms with Gasteiger partial charge in [0.15, 0.2) is 6.10 Å². The average molecular weight is 569 g/mol. The van der Waals surface area contributed by atoms with Crippen molar-refractivity contribution in [2.75, 3.05) is 12.4 Å². The smallest absolute Gasteiger partial charge is 0.356 e. The molecule has 194 valence electrons. The van der Waals surface area contributed by atoms with E-state index in [2.05, 4.69) is 5.32 Å². The highest BCUT2D eigenvalue weighted by atomic mass is 35.5. The van der Waals surface area contributed by atoms with E-state index >= 15 is 0 Å². The Balaban J connectivity index is 1.38. The second-order valence-electron chi connectivity index (χ2n) is 8.71. The van der Waals surface area contributed by atoms with Gasteiger partial charge in [0, 0.05) is 11.3 Å². The van der Waals surface area contributed by atoms with Gasteiger partial charge in [-0.3, -0.25) is 14.5 Å². The summed E-state index contributed by atoms with van der Waals surface area (Å²) in [5, 5.41) is 12.7. The SMILES string of the molecule is O=C(OC(c1ccccc1)c1ccccc1)C1=C(CO)CS[C@@H]2[C@@H](NC(=O)c3ccc(Cl)c(Cl)c3)C(=O)N12. The molecule has 0 bridgehead atoms. The maximum Gasteiger partial charge on any atom is 0.356 e. The van der Waals surface area contributed by atoms with E-state index in [9.17, 15) is 19.5 Å². The van der Waals surface area contributed by atoms with Crippen LogP contribution in [-0.2, 0) is 14.3 Å². The van der Waals surface area contributed by atoms with Crippen LogP contribution in [0.4, 0.5) is 0 Å². The molecule has 2 amide bonds. The third-order valence-corrected chi connectivity index (χ3v) is 8.41. The second kappa shape index (κ2) is 11.2. The number of carbonyl (C=O) groups is 3. The highest BCUT2D eigenvalue weighted by molar-refractivity contribution is 8.00. The van der Waals surface area contributed by atoms with E-state index in [0.29, 0.717) is 16.3 Å². The zero-order valence-electron chi connectivity index (χ0n) is 19.8. The van der Waals surface area contributed by atoms with Gasteiger partial charge in [0.05, 0.1) is 16.7 Å². The Morgan fingerprint density at radius 2 is 1.63 bits per heavy atom. The summed E-state index contributed by atoms with van der Waals surface area (Å²) in [6.07, 6.45) is -0.716. The van der Waals surface area contributed by atoms with Gasteiger partial charge in [0.2, 0.25) is 0 Å². The summed E-state index contributed by atoms with van der Waals surface area (Å²) in [5.41, 5.74) is 2.19. The maximum atomic E-state index is 13.6. The Labute approximate surface area is 233 Å². The number of halogens is 2. The van der Waals surface area contributed by atoms with Crippen molar-refractivity contribution >= 4 is 52.7 Å². The lowest BCUT2D eigenvalue weighted by Gasteiger charge is -2.49. The van der Waals surface area contributed by atoms with Crippen molar-refractivity contribution in [3.63, 3.8) is 0 Å². The predicted molar refractivity (Wildman–Crippen MR) is 146 cm³/mol. The molecule has 0 spiro atoms. The van der Waals surface area contributed by atoms with Gasteiger partial charge in [0.25, 0.3) is 11.8 Å². The van der Waals surface area contributed by atoms with Gasteiger partial charge in [-0.05, 0) is 34.9 Å². The fourth-order valence-electron chi connectivity index (χ4n) is 4.40. The molecule has 0 radical (unpaired) electrons. The molecule has 0 aliphatic carbocycles. The molecule has 0 aromatic heterocycles. The van der Waals surface area contributed by atoms with Crippen molar-refractivity contribution in [1.82, 2.24) is 10.2 Å². The van der Waals surface area contributed by atoms with Crippen molar-refractivity contribution in [3.8, 4) is 0 Å². The number of rotatable bonds is 7. The van der Waals surface area contributed by atoms with Crippen LogP contribution in [-0.4, -0.2) is 51.6 Å². The number of fused-ring (bicyclic) bond motifs is 1. The van der Waals surface area contributed by atoms with Gasteiger partial charge in [-0.25, -0.2) is 4.79 Å². The summed E-state index contributed by atoms with van der Waals surface area (Å²) >= 11 is 13.3. The standard InChI is InChI=1S/C28H22Cl2N2O5S/c29-20-12-11-18(13-21(20)30)25(34)31-22-26(35)32-23(19(14-33)15-38-27(22)32)28(36)37-24(16-7-3-1-4-8-16)17-9-5-2-6-10-17/h1-13,22,24,27,33H,14-15H2,(H,31,34)/t22-,27+/m0/s1. The number of amides is 2. The number of β-lactam (4-membered cyclic amide) rings is 1. The van der Waals surface area contributed by atoms with Crippen molar-refractivity contribution in [1.29, 1.82) is 0 Å². The minimum Gasteiger partial charge on any atom is -0.448 e. The topological polar surface area (TPSA) is 95.9 Å².